The van der Waals surface area contributed by atoms with E-state index < -0.39 is 0 Å². The van der Waals surface area contributed by atoms with Crippen molar-refractivity contribution in [3.8, 4) is 0 Å². The largest absolute Gasteiger partial charge is 0.354 e. The number of amides is 1. The van der Waals surface area contributed by atoms with Gasteiger partial charge in [-0.05, 0) is 44.5 Å². The molecule has 0 saturated carbocycles. The SMILES string of the molecule is CCC1(C(=O)NCCn2cccc2)CCNCC1. The van der Waals surface area contributed by atoms with Crippen LogP contribution in [0.1, 0.15) is 26.2 Å². The van der Waals surface area contributed by atoms with E-state index >= 15 is 0 Å². The van der Waals surface area contributed by atoms with Crippen molar-refractivity contribution in [2.24, 2.45) is 5.41 Å². The van der Waals surface area contributed by atoms with Gasteiger partial charge in [-0.25, -0.2) is 0 Å². The molecule has 100 valence electrons. The van der Waals surface area contributed by atoms with Crippen LogP contribution < -0.4 is 10.6 Å². The summed E-state index contributed by atoms with van der Waals surface area (Å²) in [5.74, 6) is 0.235. The molecule has 2 rings (SSSR count). The van der Waals surface area contributed by atoms with Crippen LogP contribution in [0.4, 0.5) is 0 Å². The Balaban J connectivity index is 1.82. The van der Waals surface area contributed by atoms with E-state index in [4.69, 9.17) is 0 Å². The van der Waals surface area contributed by atoms with E-state index in [-0.39, 0.29) is 11.3 Å². The highest BCUT2D eigenvalue weighted by molar-refractivity contribution is 5.82. The van der Waals surface area contributed by atoms with Crippen molar-refractivity contribution in [3.05, 3.63) is 24.5 Å². The number of rotatable bonds is 5. The maximum Gasteiger partial charge on any atom is 0.226 e. The second-order valence-corrected chi connectivity index (χ2v) is 5.06. The van der Waals surface area contributed by atoms with Crippen LogP contribution >= 0.6 is 0 Å². The van der Waals surface area contributed by atoms with E-state index in [1.165, 1.54) is 0 Å². The van der Waals surface area contributed by atoms with Crippen molar-refractivity contribution < 1.29 is 4.79 Å². The van der Waals surface area contributed by atoms with E-state index in [9.17, 15) is 4.79 Å². The summed E-state index contributed by atoms with van der Waals surface area (Å²) in [5.41, 5.74) is -0.137. The molecule has 1 aromatic rings. The molecule has 4 nitrogen and oxygen atoms in total. The average molecular weight is 249 g/mol. The molecular weight excluding hydrogens is 226 g/mol. The van der Waals surface area contributed by atoms with E-state index in [1.54, 1.807) is 0 Å². The van der Waals surface area contributed by atoms with Crippen molar-refractivity contribution in [2.75, 3.05) is 19.6 Å². The zero-order valence-electron chi connectivity index (χ0n) is 11.1. The zero-order valence-corrected chi connectivity index (χ0v) is 11.1. The quantitative estimate of drug-likeness (QED) is 0.828. The summed E-state index contributed by atoms with van der Waals surface area (Å²) in [7, 11) is 0. The number of nitrogens with zero attached hydrogens (tertiary/aromatic N) is 1. The lowest BCUT2D eigenvalue weighted by Crippen LogP contribution is -2.47. The Morgan fingerprint density at radius 3 is 2.61 bits per heavy atom. The summed E-state index contributed by atoms with van der Waals surface area (Å²) in [6.45, 7) is 5.59. The number of hydrogen-bond acceptors (Lipinski definition) is 2. The lowest BCUT2D eigenvalue weighted by molar-refractivity contribution is -0.132. The molecule has 2 N–H and O–H groups in total. The third kappa shape index (κ3) is 2.93. The number of carbonyl (C=O) groups excluding carboxylic acids is 1. The number of aromatic nitrogens is 1. The Morgan fingerprint density at radius 2 is 2.00 bits per heavy atom. The lowest BCUT2D eigenvalue weighted by atomic mass is 9.76. The summed E-state index contributed by atoms with van der Waals surface area (Å²) in [6, 6.07) is 4.00. The first-order chi connectivity index (χ1) is 8.77. The highest BCUT2D eigenvalue weighted by atomic mass is 16.2. The number of piperidine rings is 1. The molecule has 0 bridgehead atoms. The first-order valence-corrected chi connectivity index (χ1v) is 6.87. The van der Waals surface area contributed by atoms with Gasteiger partial charge in [0, 0.05) is 25.5 Å². The Labute approximate surface area is 109 Å². The standard InChI is InChI=1S/C14H23N3O/c1-2-14(5-7-15-8-6-14)13(18)16-9-12-17-10-3-4-11-17/h3-4,10-11,15H,2,5-9,12H2,1H3,(H,16,18). The minimum absolute atomic E-state index is 0.137. The number of hydrogen-bond donors (Lipinski definition) is 2. The second kappa shape index (κ2) is 6.05. The van der Waals surface area contributed by atoms with Gasteiger partial charge in [0.15, 0.2) is 0 Å². The molecular formula is C14H23N3O. The van der Waals surface area contributed by atoms with Gasteiger partial charge in [0.25, 0.3) is 0 Å². The Hall–Kier alpha value is -1.29. The fourth-order valence-corrected chi connectivity index (χ4v) is 2.65. The Morgan fingerprint density at radius 1 is 1.33 bits per heavy atom. The normalized spacial score (nSPS) is 18.5. The minimum atomic E-state index is -0.137. The van der Waals surface area contributed by atoms with Crippen molar-refractivity contribution in [1.29, 1.82) is 0 Å². The van der Waals surface area contributed by atoms with E-state index in [0.717, 1.165) is 38.9 Å². The van der Waals surface area contributed by atoms with E-state index in [2.05, 4.69) is 22.1 Å². The molecule has 0 unspecified atom stereocenters. The molecule has 0 spiro atoms. The summed E-state index contributed by atoms with van der Waals surface area (Å²) in [4.78, 5) is 12.3. The Bertz CT molecular complexity index is 366. The van der Waals surface area contributed by atoms with Gasteiger partial charge in [-0.2, -0.15) is 0 Å². The van der Waals surface area contributed by atoms with Crippen LogP contribution in [-0.4, -0.2) is 30.1 Å². The molecule has 0 aliphatic carbocycles. The molecule has 2 heterocycles. The van der Waals surface area contributed by atoms with Gasteiger partial charge < -0.3 is 15.2 Å². The molecule has 1 amide bonds. The second-order valence-electron chi connectivity index (χ2n) is 5.06. The molecule has 1 saturated heterocycles. The predicted molar refractivity (Wildman–Crippen MR) is 72.3 cm³/mol. The van der Waals surface area contributed by atoms with Crippen LogP contribution in [0, 0.1) is 5.41 Å². The van der Waals surface area contributed by atoms with Gasteiger partial charge in [0.2, 0.25) is 5.91 Å². The predicted octanol–water partition coefficient (Wildman–Crippen LogP) is 1.38. The van der Waals surface area contributed by atoms with Gasteiger partial charge in [0.05, 0.1) is 5.41 Å². The first kappa shape index (κ1) is 13.1. The smallest absolute Gasteiger partial charge is 0.226 e. The highest BCUT2D eigenvalue weighted by Gasteiger charge is 2.37. The van der Waals surface area contributed by atoms with Crippen LogP contribution in [-0.2, 0) is 11.3 Å². The number of carbonyl (C=O) groups is 1. The summed E-state index contributed by atoms with van der Waals surface area (Å²) in [6.07, 6.45) is 6.89. The van der Waals surface area contributed by atoms with Crippen LogP contribution in [0.25, 0.3) is 0 Å². The van der Waals surface area contributed by atoms with Crippen molar-refractivity contribution in [1.82, 2.24) is 15.2 Å². The van der Waals surface area contributed by atoms with Gasteiger partial charge in [-0.3, -0.25) is 4.79 Å². The summed E-state index contributed by atoms with van der Waals surface area (Å²) >= 11 is 0. The van der Waals surface area contributed by atoms with Crippen molar-refractivity contribution in [2.45, 2.75) is 32.7 Å². The van der Waals surface area contributed by atoms with Gasteiger partial charge >= 0.3 is 0 Å². The lowest BCUT2D eigenvalue weighted by Gasteiger charge is -2.35. The van der Waals surface area contributed by atoms with Crippen molar-refractivity contribution in [3.63, 3.8) is 0 Å². The minimum Gasteiger partial charge on any atom is -0.354 e. The highest BCUT2D eigenvalue weighted by Crippen LogP contribution is 2.32. The first-order valence-electron chi connectivity index (χ1n) is 6.87. The molecule has 4 heteroatoms. The van der Waals surface area contributed by atoms with Crippen molar-refractivity contribution >= 4 is 5.91 Å². The molecule has 1 aliphatic rings. The van der Waals surface area contributed by atoms with E-state index in [0.29, 0.717) is 6.54 Å². The maximum atomic E-state index is 12.3. The number of nitrogens with one attached hydrogen (secondary N) is 2. The maximum absolute atomic E-state index is 12.3. The average Bonchev–Trinajstić information content (AvgIpc) is 2.92. The monoisotopic (exact) mass is 249 g/mol. The third-order valence-corrected chi connectivity index (χ3v) is 4.04. The van der Waals surface area contributed by atoms with Crippen LogP contribution in [0.15, 0.2) is 24.5 Å². The summed E-state index contributed by atoms with van der Waals surface area (Å²) < 4.78 is 2.08. The molecule has 18 heavy (non-hydrogen) atoms. The Kier molecular flexibility index (Phi) is 4.42. The molecule has 1 aromatic heterocycles. The fraction of sp³-hybridized carbons (Fsp3) is 0.643. The van der Waals surface area contributed by atoms with Gasteiger partial charge in [0.1, 0.15) is 0 Å². The van der Waals surface area contributed by atoms with E-state index in [1.807, 2.05) is 24.5 Å². The van der Waals surface area contributed by atoms with Crippen LogP contribution in [0.5, 0.6) is 0 Å². The topological polar surface area (TPSA) is 46.1 Å². The molecule has 0 aromatic carbocycles. The summed E-state index contributed by atoms with van der Waals surface area (Å²) in [5, 5.41) is 6.42. The molecule has 0 atom stereocenters. The third-order valence-electron chi connectivity index (χ3n) is 4.04. The zero-order chi connectivity index (χ0) is 12.8. The van der Waals surface area contributed by atoms with Crippen LogP contribution in [0.3, 0.4) is 0 Å². The molecule has 0 radical (unpaired) electrons. The molecule has 1 fully saturated rings. The fourth-order valence-electron chi connectivity index (χ4n) is 2.65. The van der Waals surface area contributed by atoms with Gasteiger partial charge in [-0.1, -0.05) is 6.92 Å². The molecule has 1 aliphatic heterocycles. The van der Waals surface area contributed by atoms with Gasteiger partial charge in [-0.15, -0.1) is 0 Å². The van der Waals surface area contributed by atoms with Crippen LogP contribution in [0.2, 0.25) is 0 Å².